The van der Waals surface area contributed by atoms with Gasteiger partial charge in [-0.05, 0) is 0 Å². The summed E-state index contributed by atoms with van der Waals surface area (Å²) in [7, 11) is 1.27. The number of carboxylic acids is 1. The standard InChI is InChI=1S/C18H19N9O5S3/c1-32-26-9(7-4-35-18(21)23-7)13(28)24-10-14(29)27-11(16(30)31)8(5-34-15(10)27)33-3-6-2-22-17(20)25-12(6)19/h2,4,10,15H,3,5H2,1H3,(H2,21,23)(H,24,28)(H,30,31)(H4,19,20,22,25)/b26-9-. The van der Waals surface area contributed by atoms with Gasteiger partial charge in [0.1, 0.15) is 35.7 Å². The molecule has 0 aromatic carbocycles. The highest BCUT2D eigenvalue weighted by Crippen LogP contribution is 2.44. The van der Waals surface area contributed by atoms with Crippen LogP contribution in [0.2, 0.25) is 0 Å². The minimum atomic E-state index is -1.25. The maximum Gasteiger partial charge on any atom is 0.353 e. The van der Waals surface area contributed by atoms with Crippen molar-refractivity contribution in [1.82, 2.24) is 25.2 Å². The van der Waals surface area contributed by atoms with Gasteiger partial charge in [-0.25, -0.2) is 14.8 Å². The van der Waals surface area contributed by atoms with Gasteiger partial charge in [0, 0.05) is 33.6 Å². The quantitative estimate of drug-likeness (QED) is 0.165. The fourth-order valence-corrected chi connectivity index (χ4v) is 6.47. The molecule has 184 valence electrons. The number of nitrogens with two attached hydrogens (primary N) is 3. The second-order valence-corrected chi connectivity index (χ2v) is 10.1. The van der Waals surface area contributed by atoms with Gasteiger partial charge in [0.25, 0.3) is 11.8 Å². The Balaban J connectivity index is 1.49. The minimum Gasteiger partial charge on any atom is -0.477 e. The van der Waals surface area contributed by atoms with Crippen LogP contribution >= 0.6 is 34.9 Å². The molecule has 2 amide bonds. The number of thiazole rings is 1. The Kier molecular flexibility index (Phi) is 6.99. The van der Waals surface area contributed by atoms with E-state index < -0.39 is 29.2 Å². The van der Waals surface area contributed by atoms with Crippen molar-refractivity contribution in [2.45, 2.75) is 17.2 Å². The molecule has 2 aliphatic heterocycles. The van der Waals surface area contributed by atoms with Crippen molar-refractivity contribution in [3.63, 3.8) is 0 Å². The summed E-state index contributed by atoms with van der Waals surface area (Å²) in [5.74, 6) is -1.68. The molecule has 14 nitrogen and oxygen atoms in total. The molecule has 0 aliphatic carbocycles. The number of thioether (sulfide) groups is 2. The monoisotopic (exact) mass is 537 g/mol. The van der Waals surface area contributed by atoms with E-state index in [0.29, 0.717) is 22.0 Å². The average molecular weight is 538 g/mol. The molecule has 2 aromatic rings. The molecule has 2 unspecified atom stereocenters. The molecule has 1 fully saturated rings. The Labute approximate surface area is 210 Å². The number of carboxylic acid groups (broad SMARTS) is 1. The SMILES string of the molecule is CO/N=C(\C(=O)NC1C(=O)N2C(C(=O)O)=C(SCc3cnc(N)nc3N)CSC12)c1csc(N)n1. The first kappa shape index (κ1) is 24.6. The zero-order chi connectivity index (χ0) is 25.3. The molecule has 0 bridgehead atoms. The van der Waals surface area contributed by atoms with Crippen LogP contribution < -0.4 is 22.5 Å². The highest BCUT2D eigenvalue weighted by molar-refractivity contribution is 8.05. The fourth-order valence-electron chi connectivity index (χ4n) is 3.31. The van der Waals surface area contributed by atoms with Crippen LogP contribution in [-0.2, 0) is 25.0 Å². The number of hydrogen-bond donors (Lipinski definition) is 5. The third-order valence-electron chi connectivity index (χ3n) is 4.90. The van der Waals surface area contributed by atoms with E-state index in [-0.39, 0.29) is 34.0 Å². The molecule has 17 heteroatoms. The number of nitrogens with zero attached hydrogens (tertiary/aromatic N) is 5. The molecule has 8 N–H and O–H groups in total. The van der Waals surface area contributed by atoms with Crippen molar-refractivity contribution >= 4 is 75.3 Å². The number of nitrogen functional groups attached to an aromatic ring is 3. The second kappa shape index (κ2) is 9.96. The zero-order valence-corrected chi connectivity index (χ0v) is 20.4. The van der Waals surface area contributed by atoms with Crippen LogP contribution in [0.1, 0.15) is 11.3 Å². The normalized spacial score (nSPS) is 19.7. The lowest BCUT2D eigenvalue weighted by molar-refractivity contribution is -0.150. The van der Waals surface area contributed by atoms with E-state index >= 15 is 0 Å². The van der Waals surface area contributed by atoms with E-state index in [1.165, 1.54) is 47.1 Å². The first-order valence-electron chi connectivity index (χ1n) is 9.75. The van der Waals surface area contributed by atoms with Crippen LogP contribution in [0.25, 0.3) is 0 Å². The van der Waals surface area contributed by atoms with E-state index in [4.69, 9.17) is 22.0 Å². The van der Waals surface area contributed by atoms with Gasteiger partial charge in [-0.1, -0.05) is 5.16 Å². The third kappa shape index (κ3) is 4.82. The Hall–Kier alpha value is -3.57. The molecular weight excluding hydrogens is 518 g/mol. The molecule has 0 spiro atoms. The molecule has 2 aliphatic rings. The predicted octanol–water partition coefficient (Wildman–Crippen LogP) is -0.340. The molecule has 0 radical (unpaired) electrons. The Morgan fingerprint density at radius 3 is 2.77 bits per heavy atom. The van der Waals surface area contributed by atoms with E-state index in [2.05, 4.69) is 25.4 Å². The number of anilines is 3. The number of rotatable bonds is 8. The molecule has 35 heavy (non-hydrogen) atoms. The Morgan fingerprint density at radius 2 is 2.14 bits per heavy atom. The van der Waals surface area contributed by atoms with E-state index in [1.54, 1.807) is 0 Å². The summed E-state index contributed by atoms with van der Waals surface area (Å²) in [6.45, 7) is 0. The third-order valence-corrected chi connectivity index (χ3v) is 8.18. The van der Waals surface area contributed by atoms with Gasteiger partial charge in [-0.3, -0.25) is 14.5 Å². The lowest BCUT2D eigenvalue weighted by Crippen LogP contribution is -2.71. The number of fused-ring (bicyclic) bond motifs is 1. The highest BCUT2D eigenvalue weighted by Gasteiger charge is 2.54. The predicted molar refractivity (Wildman–Crippen MR) is 132 cm³/mol. The number of hydrogen-bond acceptors (Lipinski definition) is 14. The lowest BCUT2D eigenvalue weighted by atomic mass is 10.0. The van der Waals surface area contributed by atoms with Crippen LogP contribution in [0.5, 0.6) is 0 Å². The Morgan fingerprint density at radius 1 is 1.37 bits per heavy atom. The second-order valence-electron chi connectivity index (χ2n) is 7.06. The summed E-state index contributed by atoms with van der Waals surface area (Å²) in [4.78, 5) is 56.0. The topological polar surface area (TPSA) is 225 Å². The maximum atomic E-state index is 12.9. The van der Waals surface area contributed by atoms with Crippen molar-refractivity contribution in [1.29, 1.82) is 0 Å². The molecule has 0 saturated carbocycles. The molecule has 2 atom stereocenters. The summed E-state index contributed by atoms with van der Waals surface area (Å²) < 4.78 is 0. The first-order chi connectivity index (χ1) is 16.7. The van der Waals surface area contributed by atoms with Gasteiger partial charge in [0.2, 0.25) is 5.95 Å². The number of aliphatic carboxylic acids is 1. The van der Waals surface area contributed by atoms with Crippen LogP contribution in [0.4, 0.5) is 16.9 Å². The van der Waals surface area contributed by atoms with E-state index in [1.807, 2.05) is 0 Å². The van der Waals surface area contributed by atoms with E-state index in [0.717, 1.165) is 11.3 Å². The van der Waals surface area contributed by atoms with Crippen molar-refractivity contribution in [3.8, 4) is 0 Å². The molecule has 4 rings (SSSR count). The molecular formula is C18H19N9O5S3. The van der Waals surface area contributed by atoms with Gasteiger partial charge >= 0.3 is 5.97 Å². The van der Waals surface area contributed by atoms with Gasteiger partial charge in [-0.2, -0.15) is 4.98 Å². The number of amides is 2. The highest BCUT2D eigenvalue weighted by atomic mass is 32.2. The van der Waals surface area contributed by atoms with Gasteiger partial charge in [0.15, 0.2) is 10.8 Å². The fraction of sp³-hybridized carbons (Fsp3) is 0.278. The maximum absolute atomic E-state index is 12.9. The van der Waals surface area contributed by atoms with Crippen LogP contribution in [0, 0.1) is 0 Å². The van der Waals surface area contributed by atoms with Crippen LogP contribution in [-0.4, -0.2) is 72.7 Å². The number of nitrogens with one attached hydrogen (secondary N) is 1. The number of aromatic nitrogens is 3. The number of carbonyl (C=O) groups is 3. The summed E-state index contributed by atoms with van der Waals surface area (Å²) in [6, 6.07) is -0.951. The van der Waals surface area contributed by atoms with Gasteiger partial charge in [-0.15, -0.1) is 34.9 Å². The summed E-state index contributed by atoms with van der Waals surface area (Å²) >= 11 is 3.66. The molecule has 4 heterocycles. The smallest absolute Gasteiger partial charge is 0.353 e. The van der Waals surface area contributed by atoms with Gasteiger partial charge in [0.05, 0.1) is 0 Å². The van der Waals surface area contributed by atoms with Crippen molar-refractivity contribution in [3.05, 3.63) is 33.4 Å². The molecule has 1 saturated heterocycles. The van der Waals surface area contributed by atoms with Crippen molar-refractivity contribution < 1.29 is 24.3 Å². The molecule has 2 aromatic heterocycles. The minimum absolute atomic E-state index is 0.0361. The van der Waals surface area contributed by atoms with Crippen molar-refractivity contribution in [2.75, 3.05) is 30.1 Å². The summed E-state index contributed by atoms with van der Waals surface area (Å²) in [5.41, 5.74) is 17.5. The number of oxime groups is 1. The van der Waals surface area contributed by atoms with Gasteiger partial charge < -0.3 is 32.5 Å². The van der Waals surface area contributed by atoms with Crippen LogP contribution in [0.3, 0.4) is 0 Å². The summed E-state index contributed by atoms with van der Waals surface area (Å²) in [5, 5.41) is 17.3. The number of carbonyl (C=O) groups excluding carboxylic acids is 2. The average Bonchev–Trinajstić information content (AvgIpc) is 3.25. The summed E-state index contributed by atoms with van der Waals surface area (Å²) in [6.07, 6.45) is 1.47. The van der Waals surface area contributed by atoms with Crippen molar-refractivity contribution in [2.24, 2.45) is 5.16 Å². The first-order valence-corrected chi connectivity index (χ1v) is 12.7. The zero-order valence-electron chi connectivity index (χ0n) is 18.0. The number of β-lactam (4-membered cyclic amide) rings is 1. The van der Waals surface area contributed by atoms with E-state index in [9.17, 15) is 19.5 Å². The Bertz CT molecular complexity index is 1260. The van der Waals surface area contributed by atoms with Crippen LogP contribution in [0.15, 0.2) is 27.3 Å². The largest absolute Gasteiger partial charge is 0.477 e. The lowest BCUT2D eigenvalue weighted by Gasteiger charge is -2.49.